The van der Waals surface area contributed by atoms with Crippen molar-refractivity contribution in [2.75, 3.05) is 13.7 Å². The monoisotopic (exact) mass is 283 g/mol. The molecule has 0 aliphatic carbocycles. The van der Waals surface area contributed by atoms with Crippen LogP contribution in [0.4, 0.5) is 8.78 Å². The van der Waals surface area contributed by atoms with E-state index >= 15 is 0 Å². The van der Waals surface area contributed by atoms with Crippen LogP contribution in [0.15, 0.2) is 18.2 Å². The summed E-state index contributed by atoms with van der Waals surface area (Å²) in [6.07, 6.45) is 6.04. The predicted molar refractivity (Wildman–Crippen MR) is 75.7 cm³/mol. The molecule has 0 bridgehead atoms. The third-order valence-electron chi connectivity index (χ3n) is 4.02. The molecule has 20 heavy (non-hydrogen) atoms. The molecule has 0 radical (unpaired) electrons. The Balaban J connectivity index is 1.82. The SMILES string of the molecule is CNC(CCCC1CCCO1)Cc1c(F)cccc1F. The Morgan fingerprint density at radius 3 is 2.70 bits per heavy atom. The second kappa shape index (κ2) is 7.70. The molecule has 1 aliphatic rings. The maximum atomic E-state index is 13.6. The van der Waals surface area contributed by atoms with Crippen LogP contribution in [0.5, 0.6) is 0 Å². The quantitative estimate of drug-likeness (QED) is 0.827. The Hall–Kier alpha value is -1.00. The molecule has 0 amide bonds. The maximum Gasteiger partial charge on any atom is 0.129 e. The van der Waals surface area contributed by atoms with Gasteiger partial charge in [0, 0.05) is 18.2 Å². The first-order valence-electron chi connectivity index (χ1n) is 7.42. The summed E-state index contributed by atoms with van der Waals surface area (Å²) in [6, 6.07) is 4.14. The molecule has 1 aliphatic heterocycles. The van der Waals surface area contributed by atoms with Crippen molar-refractivity contribution in [2.45, 2.75) is 50.7 Å². The first-order chi connectivity index (χ1) is 9.70. The van der Waals surface area contributed by atoms with Crippen molar-refractivity contribution in [1.29, 1.82) is 0 Å². The first kappa shape index (κ1) is 15.4. The summed E-state index contributed by atoms with van der Waals surface area (Å²) in [5, 5.41) is 3.16. The van der Waals surface area contributed by atoms with Crippen molar-refractivity contribution < 1.29 is 13.5 Å². The summed E-state index contributed by atoms with van der Waals surface area (Å²) in [5.74, 6) is -0.909. The van der Waals surface area contributed by atoms with Crippen molar-refractivity contribution in [2.24, 2.45) is 0 Å². The molecule has 2 nitrogen and oxygen atoms in total. The summed E-state index contributed by atoms with van der Waals surface area (Å²) >= 11 is 0. The summed E-state index contributed by atoms with van der Waals surface area (Å²) in [6.45, 7) is 0.876. The minimum atomic E-state index is -0.454. The van der Waals surface area contributed by atoms with E-state index in [9.17, 15) is 8.78 Å². The highest BCUT2D eigenvalue weighted by Crippen LogP contribution is 2.20. The highest BCUT2D eigenvalue weighted by molar-refractivity contribution is 5.20. The van der Waals surface area contributed by atoms with Gasteiger partial charge in [0.1, 0.15) is 11.6 Å². The lowest BCUT2D eigenvalue weighted by molar-refractivity contribution is 0.101. The molecule has 1 heterocycles. The highest BCUT2D eigenvalue weighted by atomic mass is 19.1. The van der Waals surface area contributed by atoms with Gasteiger partial charge >= 0.3 is 0 Å². The lowest BCUT2D eigenvalue weighted by atomic mass is 9.99. The van der Waals surface area contributed by atoms with E-state index in [0.717, 1.165) is 38.7 Å². The number of halogens is 2. The van der Waals surface area contributed by atoms with E-state index in [0.29, 0.717) is 12.5 Å². The van der Waals surface area contributed by atoms with Gasteiger partial charge in [-0.1, -0.05) is 6.07 Å². The van der Waals surface area contributed by atoms with E-state index in [-0.39, 0.29) is 11.6 Å². The van der Waals surface area contributed by atoms with Crippen molar-refractivity contribution in [1.82, 2.24) is 5.32 Å². The zero-order chi connectivity index (χ0) is 14.4. The minimum Gasteiger partial charge on any atom is -0.378 e. The molecule has 112 valence electrons. The normalized spacial score (nSPS) is 20.2. The average molecular weight is 283 g/mol. The fraction of sp³-hybridized carbons (Fsp3) is 0.625. The molecule has 1 fully saturated rings. The highest BCUT2D eigenvalue weighted by Gasteiger charge is 2.17. The van der Waals surface area contributed by atoms with Crippen LogP contribution >= 0.6 is 0 Å². The number of ether oxygens (including phenoxy) is 1. The third-order valence-corrected chi connectivity index (χ3v) is 4.02. The average Bonchev–Trinajstić information content (AvgIpc) is 2.94. The summed E-state index contributed by atoms with van der Waals surface area (Å²) in [5.41, 5.74) is 0.184. The van der Waals surface area contributed by atoms with Gasteiger partial charge in [0.25, 0.3) is 0 Å². The molecular weight excluding hydrogens is 260 g/mol. The molecule has 1 saturated heterocycles. The van der Waals surface area contributed by atoms with Crippen LogP contribution in [0, 0.1) is 11.6 Å². The number of hydrogen-bond donors (Lipinski definition) is 1. The fourth-order valence-corrected chi connectivity index (χ4v) is 2.79. The lowest BCUT2D eigenvalue weighted by Gasteiger charge is -2.18. The zero-order valence-corrected chi connectivity index (χ0v) is 12.0. The van der Waals surface area contributed by atoms with Crippen molar-refractivity contribution in [3.05, 3.63) is 35.4 Å². The van der Waals surface area contributed by atoms with Crippen LogP contribution in [-0.2, 0) is 11.2 Å². The van der Waals surface area contributed by atoms with E-state index in [4.69, 9.17) is 4.74 Å². The Morgan fingerprint density at radius 1 is 1.35 bits per heavy atom. The molecule has 2 atom stereocenters. The van der Waals surface area contributed by atoms with Gasteiger partial charge in [-0.3, -0.25) is 0 Å². The van der Waals surface area contributed by atoms with Crippen LogP contribution in [0.3, 0.4) is 0 Å². The number of nitrogens with one attached hydrogen (secondary N) is 1. The molecular formula is C16H23F2NO. The van der Waals surface area contributed by atoms with Gasteiger partial charge in [-0.15, -0.1) is 0 Å². The van der Waals surface area contributed by atoms with E-state index in [1.807, 2.05) is 7.05 Å². The van der Waals surface area contributed by atoms with Crippen LogP contribution in [-0.4, -0.2) is 25.8 Å². The second-order valence-corrected chi connectivity index (χ2v) is 5.46. The number of benzene rings is 1. The van der Waals surface area contributed by atoms with Gasteiger partial charge in [0.15, 0.2) is 0 Å². The largest absolute Gasteiger partial charge is 0.378 e. The van der Waals surface area contributed by atoms with Crippen LogP contribution in [0.2, 0.25) is 0 Å². The predicted octanol–water partition coefficient (Wildman–Crippen LogP) is 3.44. The van der Waals surface area contributed by atoms with Gasteiger partial charge in [0.05, 0.1) is 6.10 Å². The number of rotatable bonds is 7. The van der Waals surface area contributed by atoms with Crippen molar-refractivity contribution in [3.63, 3.8) is 0 Å². The zero-order valence-electron chi connectivity index (χ0n) is 12.0. The molecule has 4 heteroatoms. The van der Waals surface area contributed by atoms with Gasteiger partial charge in [0.2, 0.25) is 0 Å². The topological polar surface area (TPSA) is 21.3 Å². The van der Waals surface area contributed by atoms with E-state index < -0.39 is 11.6 Å². The Bertz CT molecular complexity index is 399. The molecule has 1 aromatic carbocycles. The van der Waals surface area contributed by atoms with E-state index in [1.165, 1.54) is 18.2 Å². The standard InChI is InChI=1S/C16H23F2NO/c1-19-12(5-2-6-13-7-4-10-20-13)11-14-15(17)8-3-9-16(14)18/h3,8-9,12-13,19H,2,4-7,10-11H2,1H3. The van der Waals surface area contributed by atoms with E-state index in [2.05, 4.69) is 5.32 Å². The molecule has 0 spiro atoms. The molecule has 2 rings (SSSR count). The number of likely N-dealkylation sites (N-methyl/N-ethyl adjacent to an activating group) is 1. The number of hydrogen-bond acceptors (Lipinski definition) is 2. The molecule has 2 unspecified atom stereocenters. The molecule has 1 aromatic rings. The fourth-order valence-electron chi connectivity index (χ4n) is 2.79. The molecule has 0 saturated carbocycles. The van der Waals surface area contributed by atoms with Crippen molar-refractivity contribution >= 4 is 0 Å². The molecule has 0 aromatic heterocycles. The second-order valence-electron chi connectivity index (χ2n) is 5.46. The summed E-state index contributed by atoms with van der Waals surface area (Å²) in [4.78, 5) is 0. The van der Waals surface area contributed by atoms with Crippen LogP contribution in [0.1, 0.15) is 37.7 Å². The molecule has 1 N–H and O–H groups in total. The first-order valence-corrected chi connectivity index (χ1v) is 7.42. The Kier molecular flexibility index (Phi) is 5.92. The summed E-state index contributed by atoms with van der Waals surface area (Å²) in [7, 11) is 1.84. The summed E-state index contributed by atoms with van der Waals surface area (Å²) < 4.78 is 32.8. The van der Waals surface area contributed by atoms with Crippen molar-refractivity contribution in [3.8, 4) is 0 Å². The minimum absolute atomic E-state index is 0.0998. The smallest absolute Gasteiger partial charge is 0.129 e. The Labute approximate surface area is 119 Å². The van der Waals surface area contributed by atoms with Gasteiger partial charge < -0.3 is 10.1 Å². The maximum absolute atomic E-state index is 13.6. The van der Waals surface area contributed by atoms with Crippen LogP contribution < -0.4 is 5.32 Å². The van der Waals surface area contributed by atoms with Gasteiger partial charge in [-0.05, 0) is 57.7 Å². The third kappa shape index (κ3) is 4.25. The van der Waals surface area contributed by atoms with Crippen LogP contribution in [0.25, 0.3) is 0 Å². The lowest BCUT2D eigenvalue weighted by Crippen LogP contribution is -2.28. The Morgan fingerprint density at radius 2 is 2.10 bits per heavy atom. The van der Waals surface area contributed by atoms with E-state index in [1.54, 1.807) is 0 Å². The van der Waals surface area contributed by atoms with Gasteiger partial charge in [-0.25, -0.2) is 8.78 Å². The van der Waals surface area contributed by atoms with Gasteiger partial charge in [-0.2, -0.15) is 0 Å².